The fraction of sp³-hybridized carbons (Fsp3) is 0.154. The van der Waals surface area contributed by atoms with Crippen molar-refractivity contribution in [1.82, 2.24) is 0 Å². The Morgan fingerprint density at radius 1 is 0.679 bits per heavy atom. The Morgan fingerprint density at radius 2 is 1.29 bits per heavy atom. The maximum Gasteiger partial charge on any atom is 0.341 e. The molecule has 0 amide bonds. The third-order valence-electron chi connectivity index (χ3n) is 5.19. The predicted octanol–water partition coefficient (Wildman–Crippen LogP) is 6.93. The Bertz CT molecular complexity index is 1110. The summed E-state index contributed by atoms with van der Waals surface area (Å²) in [4.78, 5) is 0. The molecule has 0 aliphatic carbocycles. The van der Waals surface area contributed by atoms with E-state index >= 15 is 0 Å². The highest BCUT2D eigenvalue weighted by atomic mass is 28.2. The molecule has 0 saturated carbocycles. The van der Waals surface area contributed by atoms with Gasteiger partial charge in [-0.15, -0.1) is 0 Å². The molecule has 0 atom stereocenters. The second-order valence-corrected chi connectivity index (χ2v) is 8.32. The quantitative estimate of drug-likeness (QED) is 0.351. The van der Waals surface area contributed by atoms with Gasteiger partial charge in [0.15, 0.2) is 0 Å². The van der Waals surface area contributed by atoms with Crippen molar-refractivity contribution in [2.75, 3.05) is 0 Å². The van der Waals surface area contributed by atoms with Crippen molar-refractivity contribution in [2.24, 2.45) is 0 Å². The molecule has 137 valence electrons. The van der Waals surface area contributed by atoms with Crippen LogP contribution >= 0.6 is 0 Å². The zero-order valence-electron chi connectivity index (χ0n) is 16.5. The van der Waals surface area contributed by atoms with E-state index in [2.05, 4.69) is 110 Å². The number of rotatable bonds is 3. The van der Waals surface area contributed by atoms with Crippen LogP contribution in [0.25, 0.3) is 33.0 Å². The van der Waals surface area contributed by atoms with Crippen molar-refractivity contribution in [3.8, 4) is 28.0 Å². The summed E-state index contributed by atoms with van der Waals surface area (Å²) >= 11 is 0. The van der Waals surface area contributed by atoms with Gasteiger partial charge in [-0.3, -0.25) is 0 Å². The van der Waals surface area contributed by atoms with E-state index < -0.39 is 0 Å². The first-order valence-electron chi connectivity index (χ1n) is 9.55. The van der Waals surface area contributed by atoms with Crippen LogP contribution in [0.3, 0.4) is 0 Å². The minimum Gasteiger partial charge on any atom is -0.540 e. The number of hydrogen-bond acceptors (Lipinski definition) is 1. The van der Waals surface area contributed by atoms with Gasteiger partial charge in [0.2, 0.25) is 0 Å². The van der Waals surface area contributed by atoms with Gasteiger partial charge in [-0.1, -0.05) is 99.6 Å². The molecule has 0 bridgehead atoms. The average molecular weight is 380 g/mol. The minimum absolute atomic E-state index is 0.0325. The molecule has 4 rings (SSSR count). The molecule has 4 aromatic rings. The molecule has 0 aliphatic rings. The third kappa shape index (κ3) is 3.25. The Balaban J connectivity index is 2.18. The maximum atomic E-state index is 5.85. The van der Waals surface area contributed by atoms with E-state index in [1.165, 1.54) is 22.1 Å². The molecular weight excluding hydrogens is 356 g/mol. The van der Waals surface area contributed by atoms with Crippen LogP contribution in [0.15, 0.2) is 84.9 Å². The lowest BCUT2D eigenvalue weighted by Crippen LogP contribution is -2.12. The van der Waals surface area contributed by atoms with Crippen LogP contribution in [0.5, 0.6) is 5.75 Å². The molecule has 0 unspecified atom stereocenters. The van der Waals surface area contributed by atoms with E-state index in [9.17, 15) is 0 Å². The van der Waals surface area contributed by atoms with E-state index in [0.717, 1.165) is 22.3 Å². The summed E-state index contributed by atoms with van der Waals surface area (Å²) in [6.45, 7) is 6.76. The van der Waals surface area contributed by atoms with Gasteiger partial charge in [0.1, 0.15) is 5.75 Å². The van der Waals surface area contributed by atoms with Crippen LogP contribution in [0.4, 0.5) is 0 Å². The summed E-state index contributed by atoms with van der Waals surface area (Å²) in [6, 6.07) is 29.8. The lowest BCUT2D eigenvalue weighted by Gasteiger charge is -2.24. The predicted molar refractivity (Wildman–Crippen MR) is 120 cm³/mol. The second-order valence-electron chi connectivity index (χ2n) is 8.11. The lowest BCUT2D eigenvalue weighted by atomic mass is 9.81. The van der Waals surface area contributed by atoms with Crippen molar-refractivity contribution >= 4 is 21.3 Å². The number of hydrogen-bond donors (Lipinski definition) is 0. The summed E-state index contributed by atoms with van der Waals surface area (Å²) < 4.78 is 5.85. The zero-order chi connectivity index (χ0) is 19.7. The van der Waals surface area contributed by atoms with Crippen LogP contribution in [0.2, 0.25) is 0 Å². The number of benzene rings is 4. The van der Waals surface area contributed by atoms with Gasteiger partial charge in [-0.25, -0.2) is 0 Å². The standard InChI is InChI=1S/C26H23OSi/c1-26(2,3)23-16-10-15-20-22(23)17-21(18-11-6-4-7-12-18)24(25(20)27-28)19-13-8-5-9-14-19/h4-17H,1-3H3. The Labute approximate surface area is 170 Å². The summed E-state index contributed by atoms with van der Waals surface area (Å²) in [6.07, 6.45) is 0. The molecule has 2 heteroatoms. The normalized spacial score (nSPS) is 11.6. The first kappa shape index (κ1) is 18.5. The van der Waals surface area contributed by atoms with E-state index in [4.69, 9.17) is 4.43 Å². The monoisotopic (exact) mass is 379 g/mol. The molecule has 3 radical (unpaired) electrons. The molecule has 0 spiro atoms. The molecule has 4 aromatic carbocycles. The highest BCUT2D eigenvalue weighted by molar-refractivity contribution is 6.09. The maximum absolute atomic E-state index is 5.85. The summed E-state index contributed by atoms with van der Waals surface area (Å²) in [5.74, 6) is 0.852. The third-order valence-corrected chi connectivity index (χ3v) is 5.40. The zero-order valence-corrected chi connectivity index (χ0v) is 17.5. The van der Waals surface area contributed by atoms with Crippen molar-refractivity contribution in [3.63, 3.8) is 0 Å². The van der Waals surface area contributed by atoms with Crippen LogP contribution in [-0.4, -0.2) is 10.5 Å². The molecular formula is C26H23OSi. The van der Waals surface area contributed by atoms with Gasteiger partial charge >= 0.3 is 10.5 Å². The van der Waals surface area contributed by atoms with Crippen molar-refractivity contribution in [3.05, 3.63) is 90.5 Å². The average Bonchev–Trinajstić information content (AvgIpc) is 2.72. The largest absolute Gasteiger partial charge is 0.540 e. The summed E-state index contributed by atoms with van der Waals surface area (Å²) in [7, 11) is 3.37. The molecule has 0 aromatic heterocycles. The van der Waals surface area contributed by atoms with Crippen molar-refractivity contribution in [1.29, 1.82) is 0 Å². The first-order chi connectivity index (χ1) is 13.5. The highest BCUT2D eigenvalue weighted by Crippen LogP contribution is 2.46. The molecule has 28 heavy (non-hydrogen) atoms. The lowest BCUT2D eigenvalue weighted by molar-refractivity contribution is 0.595. The van der Waals surface area contributed by atoms with Gasteiger partial charge in [0.25, 0.3) is 0 Å². The van der Waals surface area contributed by atoms with E-state index in [0.29, 0.717) is 0 Å². The molecule has 0 heterocycles. The van der Waals surface area contributed by atoms with E-state index in [-0.39, 0.29) is 5.41 Å². The van der Waals surface area contributed by atoms with Crippen molar-refractivity contribution in [2.45, 2.75) is 26.2 Å². The van der Waals surface area contributed by atoms with Gasteiger partial charge in [0, 0.05) is 10.9 Å². The minimum atomic E-state index is 0.0325. The van der Waals surface area contributed by atoms with Crippen LogP contribution < -0.4 is 4.43 Å². The molecule has 0 N–H and O–H groups in total. The fourth-order valence-electron chi connectivity index (χ4n) is 3.89. The molecule has 0 fully saturated rings. The SMILES string of the molecule is CC(C)(C)c1cccc2c(O[Si])c(-c3ccccc3)c(-c3ccccc3)cc12. The fourth-order valence-corrected chi connectivity index (χ4v) is 4.10. The summed E-state index contributed by atoms with van der Waals surface area (Å²) in [5, 5.41) is 2.34. The van der Waals surface area contributed by atoms with Crippen LogP contribution in [0.1, 0.15) is 26.3 Å². The summed E-state index contributed by atoms with van der Waals surface area (Å²) in [5.41, 5.74) is 5.93. The van der Waals surface area contributed by atoms with Gasteiger partial charge in [-0.05, 0) is 39.1 Å². The molecule has 0 aliphatic heterocycles. The van der Waals surface area contributed by atoms with E-state index in [1.807, 2.05) is 6.07 Å². The first-order valence-corrected chi connectivity index (χ1v) is 9.96. The van der Waals surface area contributed by atoms with E-state index in [1.54, 1.807) is 0 Å². The smallest absolute Gasteiger partial charge is 0.341 e. The molecule has 0 saturated heterocycles. The van der Waals surface area contributed by atoms with Crippen molar-refractivity contribution < 1.29 is 4.43 Å². The van der Waals surface area contributed by atoms with Gasteiger partial charge < -0.3 is 4.43 Å². The topological polar surface area (TPSA) is 9.23 Å². The van der Waals surface area contributed by atoms with Crippen LogP contribution in [-0.2, 0) is 5.41 Å². The van der Waals surface area contributed by atoms with Gasteiger partial charge in [0.05, 0.1) is 0 Å². The Kier molecular flexibility index (Phi) is 4.82. The highest BCUT2D eigenvalue weighted by Gasteiger charge is 2.22. The second kappa shape index (κ2) is 7.29. The van der Waals surface area contributed by atoms with Gasteiger partial charge in [-0.2, -0.15) is 0 Å². The molecule has 1 nitrogen and oxygen atoms in total. The number of fused-ring (bicyclic) bond motifs is 1. The van der Waals surface area contributed by atoms with Crippen LogP contribution in [0, 0.1) is 0 Å². The Hall–Kier alpha value is -2.84. The Morgan fingerprint density at radius 3 is 1.86 bits per heavy atom.